The predicted molar refractivity (Wildman–Crippen MR) is 209 cm³/mol. The maximum Gasteiger partial charge on any atom is 0 e. The quantitative estimate of drug-likeness (QED) is 0.0962. The summed E-state index contributed by atoms with van der Waals surface area (Å²) in [4.78, 5) is 0. The maximum absolute atomic E-state index is 5.25. The van der Waals surface area contributed by atoms with Gasteiger partial charge in [0.25, 0.3) is 0 Å². The van der Waals surface area contributed by atoms with Gasteiger partial charge >= 0.3 is 0 Å². The van der Waals surface area contributed by atoms with Gasteiger partial charge in [-0.2, -0.15) is 73.9 Å². The number of hydrogen-bond acceptors (Lipinski definition) is 0. The molecule has 0 saturated heterocycles. The first-order valence-electron chi connectivity index (χ1n) is 17.7. The topological polar surface area (TPSA) is 28.2 Å². The molecule has 2 nitrogen and oxygen atoms in total. The number of benzene rings is 4. The van der Waals surface area contributed by atoms with Crippen LogP contribution in [0.5, 0.6) is 0 Å². The van der Waals surface area contributed by atoms with Gasteiger partial charge in [-0.25, -0.2) is 5.91 Å². The molecule has 4 aromatic rings. The van der Waals surface area contributed by atoms with Crippen LogP contribution in [0.4, 0.5) is 0 Å². The molecule has 2 fully saturated rings. The van der Waals surface area contributed by atoms with E-state index < -0.39 is 0 Å². The number of rotatable bonds is 8. The van der Waals surface area contributed by atoms with Crippen molar-refractivity contribution in [3.05, 3.63) is 175 Å². The molecule has 258 valence electrons. The van der Waals surface area contributed by atoms with Gasteiger partial charge in [-0.05, 0) is 37.0 Å². The Hall–Kier alpha value is -2.29. The van der Waals surface area contributed by atoms with Crippen molar-refractivity contribution >= 4 is 7.92 Å². The fourth-order valence-electron chi connectivity index (χ4n) is 6.12. The zero-order chi connectivity index (χ0) is 33.5. The minimum atomic E-state index is -0.123. The van der Waals surface area contributed by atoms with Gasteiger partial charge in [0.15, 0.2) is 0 Å². The van der Waals surface area contributed by atoms with Crippen LogP contribution in [-0.2, 0) is 32.4 Å². The summed E-state index contributed by atoms with van der Waals surface area (Å²) in [7, 11) is -0.123. The molecule has 4 heteroatoms. The Balaban J connectivity index is 0.000000292. The standard InChI is InChI=1S/C23H37N2P.3C7H7.Hf/c1-19(2)25-23(24-18-20-12-6-3-7-13-20)26(21-14-8-4-9-15-21)22-16-10-5-11-17-22;3*1-7-5-3-2-4-6-7;/h3,6-7,12-13,19,21-23H,4-5,8-11,14-18H2,1-2H3;3*2-6H,1H2;/q-2;3*-1;. The summed E-state index contributed by atoms with van der Waals surface area (Å²) >= 11 is 0. The molecule has 0 bridgehead atoms. The molecule has 2 aliphatic carbocycles. The first-order valence-corrected chi connectivity index (χ1v) is 19.3. The molecule has 0 aliphatic heterocycles. The van der Waals surface area contributed by atoms with Gasteiger partial charge in [-0.3, -0.25) is 0 Å². The average Bonchev–Trinajstić information content (AvgIpc) is 3.10. The first-order chi connectivity index (χ1) is 22.9. The van der Waals surface area contributed by atoms with Crippen LogP contribution < -0.4 is 0 Å². The molecule has 0 N–H and O–H groups in total. The van der Waals surface area contributed by atoms with Crippen molar-refractivity contribution in [2.45, 2.75) is 108 Å². The molecule has 0 aromatic heterocycles. The third kappa shape index (κ3) is 17.9. The van der Waals surface area contributed by atoms with Crippen molar-refractivity contribution < 1.29 is 25.8 Å². The molecule has 0 radical (unpaired) electrons. The summed E-state index contributed by atoms with van der Waals surface area (Å²) in [5.41, 5.74) is 6.37. The zero-order valence-corrected chi connectivity index (χ0v) is 34.1. The fourth-order valence-corrected chi connectivity index (χ4v) is 10.1. The van der Waals surface area contributed by atoms with Crippen LogP contribution in [-0.4, -0.2) is 23.3 Å². The molecule has 48 heavy (non-hydrogen) atoms. The summed E-state index contributed by atoms with van der Waals surface area (Å²) in [6, 6.07) is 40.8. The van der Waals surface area contributed by atoms with Crippen molar-refractivity contribution in [3.63, 3.8) is 0 Å². The van der Waals surface area contributed by atoms with Crippen LogP contribution in [0.25, 0.3) is 10.6 Å². The first kappa shape index (κ1) is 41.9. The van der Waals surface area contributed by atoms with E-state index in [1.54, 1.807) is 0 Å². The van der Waals surface area contributed by atoms with E-state index in [0.717, 1.165) is 34.6 Å². The van der Waals surface area contributed by atoms with Gasteiger partial charge in [0, 0.05) is 25.8 Å². The van der Waals surface area contributed by atoms with Crippen molar-refractivity contribution in [1.29, 1.82) is 0 Å². The summed E-state index contributed by atoms with van der Waals surface area (Å²) in [5, 5.41) is 10.5. The molecule has 1 unspecified atom stereocenters. The summed E-state index contributed by atoms with van der Waals surface area (Å²) < 4.78 is 0. The minimum Gasteiger partial charge on any atom is -0.672 e. The monoisotopic (exact) mass is 825 g/mol. The van der Waals surface area contributed by atoms with E-state index in [1.807, 2.05) is 91.0 Å². The predicted octanol–water partition coefficient (Wildman–Crippen LogP) is 13.4. The van der Waals surface area contributed by atoms with Gasteiger partial charge in [0.05, 0.1) is 0 Å². The van der Waals surface area contributed by atoms with E-state index in [1.165, 1.54) is 69.8 Å². The van der Waals surface area contributed by atoms with Crippen LogP contribution in [0.15, 0.2) is 121 Å². The van der Waals surface area contributed by atoms with Crippen molar-refractivity contribution in [1.82, 2.24) is 0 Å². The number of hydrogen-bond donors (Lipinski definition) is 0. The number of nitrogens with zero attached hydrogens (tertiary/aromatic N) is 2. The summed E-state index contributed by atoms with van der Waals surface area (Å²) in [6.45, 7) is 16.5. The zero-order valence-electron chi connectivity index (χ0n) is 29.6. The molecule has 0 heterocycles. The average molecular weight is 824 g/mol. The fraction of sp³-hybridized carbons (Fsp3) is 0.386. The van der Waals surface area contributed by atoms with E-state index in [2.05, 4.69) is 65.0 Å². The van der Waals surface area contributed by atoms with Gasteiger partial charge in [0.1, 0.15) is 0 Å². The maximum atomic E-state index is 5.25. The third-order valence-corrected chi connectivity index (χ3v) is 12.0. The van der Waals surface area contributed by atoms with Crippen molar-refractivity contribution in [3.8, 4) is 0 Å². The molecule has 0 spiro atoms. The Morgan fingerprint density at radius 1 is 0.542 bits per heavy atom. The summed E-state index contributed by atoms with van der Waals surface area (Å²) in [6.07, 6.45) is 14.4. The molecular weight excluding hydrogens is 766 g/mol. The Morgan fingerprint density at radius 2 is 0.875 bits per heavy atom. The molecule has 2 saturated carbocycles. The van der Waals surface area contributed by atoms with E-state index in [9.17, 15) is 0 Å². The molecule has 6 rings (SSSR count). The smallest absolute Gasteiger partial charge is 0 e. The van der Waals surface area contributed by atoms with Gasteiger partial charge < -0.3 is 10.6 Å². The largest absolute Gasteiger partial charge is 0.672 e. The third-order valence-electron chi connectivity index (χ3n) is 8.50. The second-order valence-corrected chi connectivity index (χ2v) is 15.7. The Kier molecular flexibility index (Phi) is 22.4. The Bertz CT molecular complexity index is 1170. The van der Waals surface area contributed by atoms with Crippen LogP contribution in [0, 0.1) is 20.8 Å². The SMILES string of the molecule is CC(C)[N-]C([N-]Cc1ccccc1)P(C1CCCCC1)C1CCCCC1.[CH2-]c1ccccc1.[CH2-]c1ccccc1.[CH2-]c1ccccc1.[Hf]. The van der Waals surface area contributed by atoms with Gasteiger partial charge in [-0.15, -0.1) is 56.9 Å². The molecule has 0 amide bonds. The van der Waals surface area contributed by atoms with Crippen molar-refractivity contribution in [2.24, 2.45) is 0 Å². The molecule has 1 atom stereocenters. The van der Waals surface area contributed by atoms with Crippen LogP contribution >= 0.6 is 7.92 Å². The van der Waals surface area contributed by atoms with Crippen LogP contribution in [0.3, 0.4) is 0 Å². The second kappa shape index (κ2) is 25.6. The van der Waals surface area contributed by atoms with E-state index >= 15 is 0 Å². The van der Waals surface area contributed by atoms with Crippen LogP contribution in [0.1, 0.15) is 100 Å². The van der Waals surface area contributed by atoms with Crippen molar-refractivity contribution in [2.75, 3.05) is 0 Å². The van der Waals surface area contributed by atoms with Gasteiger partial charge in [0.2, 0.25) is 0 Å². The van der Waals surface area contributed by atoms with E-state index in [-0.39, 0.29) is 39.7 Å². The molecular formula is C44H58HfN2P-5. The van der Waals surface area contributed by atoms with E-state index in [4.69, 9.17) is 10.6 Å². The minimum absolute atomic E-state index is 0. The van der Waals surface area contributed by atoms with Crippen LogP contribution in [0.2, 0.25) is 0 Å². The Morgan fingerprint density at radius 3 is 1.17 bits per heavy atom. The normalized spacial score (nSPS) is 15.3. The molecule has 2 aliphatic rings. The second-order valence-electron chi connectivity index (χ2n) is 12.9. The Labute approximate surface area is 314 Å². The summed E-state index contributed by atoms with van der Waals surface area (Å²) in [5.74, 6) is 0.261. The van der Waals surface area contributed by atoms with E-state index in [0.29, 0.717) is 6.04 Å². The van der Waals surface area contributed by atoms with Gasteiger partial charge in [-0.1, -0.05) is 106 Å². The molecule has 4 aromatic carbocycles.